The van der Waals surface area contributed by atoms with Crippen LogP contribution in [0.3, 0.4) is 0 Å². The van der Waals surface area contributed by atoms with Crippen LogP contribution < -0.4 is 10.6 Å². The molecular weight excluding hydrogens is 342 g/mol. The third-order valence-corrected chi connectivity index (χ3v) is 5.43. The summed E-state index contributed by atoms with van der Waals surface area (Å²) >= 11 is 7.03. The van der Waals surface area contributed by atoms with E-state index >= 15 is 0 Å². The smallest absolute Gasteiger partial charge is 0.341 e. The number of thiocarbonyl (C=S) groups is 1. The Bertz CT molecular complexity index is 585. The highest BCUT2D eigenvalue weighted by atomic mass is 32.1. The van der Waals surface area contributed by atoms with Crippen LogP contribution >= 0.6 is 23.6 Å². The van der Waals surface area contributed by atoms with Crippen molar-refractivity contribution in [2.45, 2.75) is 39.0 Å². The zero-order valence-electron chi connectivity index (χ0n) is 14.7. The third-order valence-electron chi connectivity index (χ3n) is 3.97. The number of likely N-dealkylation sites (N-methyl/N-ethyl adjacent to an activating group) is 1. The van der Waals surface area contributed by atoms with E-state index in [2.05, 4.69) is 15.5 Å². The molecule has 0 saturated heterocycles. The van der Waals surface area contributed by atoms with Gasteiger partial charge in [0.15, 0.2) is 5.11 Å². The Labute approximate surface area is 153 Å². The first-order valence-electron chi connectivity index (χ1n) is 8.54. The van der Waals surface area contributed by atoms with Gasteiger partial charge in [0.2, 0.25) is 0 Å². The molecule has 1 aliphatic carbocycles. The lowest BCUT2D eigenvalue weighted by molar-refractivity contribution is 0.0527. The van der Waals surface area contributed by atoms with Gasteiger partial charge in [-0.2, -0.15) is 0 Å². The van der Waals surface area contributed by atoms with Gasteiger partial charge < -0.3 is 20.3 Å². The Morgan fingerprint density at radius 2 is 2.04 bits per heavy atom. The van der Waals surface area contributed by atoms with Crippen LogP contribution in [0.2, 0.25) is 0 Å². The van der Waals surface area contributed by atoms with Crippen LogP contribution in [0.25, 0.3) is 0 Å². The SMILES string of the molecule is CCOC(=O)c1c(NC(=S)NCCN(C)C)sc2c1CCCCC2. The Morgan fingerprint density at radius 1 is 1.29 bits per heavy atom. The molecule has 1 aromatic heterocycles. The molecule has 0 radical (unpaired) electrons. The summed E-state index contributed by atoms with van der Waals surface area (Å²) in [6.45, 7) is 3.88. The van der Waals surface area contributed by atoms with Crippen LogP contribution in [-0.2, 0) is 17.6 Å². The Kier molecular flexibility index (Phi) is 7.45. The van der Waals surface area contributed by atoms with Crippen molar-refractivity contribution in [1.29, 1.82) is 0 Å². The first-order valence-corrected chi connectivity index (χ1v) is 9.76. The molecule has 24 heavy (non-hydrogen) atoms. The normalized spacial score (nSPS) is 14.0. The number of nitrogens with zero attached hydrogens (tertiary/aromatic N) is 1. The van der Waals surface area contributed by atoms with Crippen molar-refractivity contribution in [1.82, 2.24) is 10.2 Å². The van der Waals surface area contributed by atoms with Crippen molar-refractivity contribution in [3.8, 4) is 0 Å². The molecule has 0 unspecified atom stereocenters. The lowest BCUT2D eigenvalue weighted by Gasteiger charge is -2.13. The maximum absolute atomic E-state index is 12.5. The average molecular weight is 370 g/mol. The number of esters is 1. The number of nitrogens with one attached hydrogen (secondary N) is 2. The standard InChI is InChI=1S/C17H27N3O2S2/c1-4-22-16(21)14-12-8-6-5-7-9-13(12)24-15(14)19-17(23)18-10-11-20(2)3/h4-11H2,1-3H3,(H2,18,19,23). The van der Waals surface area contributed by atoms with Gasteiger partial charge in [-0.3, -0.25) is 0 Å². The molecule has 5 nitrogen and oxygen atoms in total. The topological polar surface area (TPSA) is 53.6 Å². The fourth-order valence-electron chi connectivity index (χ4n) is 2.79. The van der Waals surface area contributed by atoms with Crippen LogP contribution in [0, 0.1) is 0 Å². The van der Waals surface area contributed by atoms with Crippen LogP contribution in [0.1, 0.15) is 47.0 Å². The maximum atomic E-state index is 12.5. The molecule has 0 bridgehead atoms. The van der Waals surface area contributed by atoms with E-state index in [1.165, 1.54) is 17.7 Å². The summed E-state index contributed by atoms with van der Waals surface area (Å²) in [5.74, 6) is -0.240. The highest BCUT2D eigenvalue weighted by Gasteiger charge is 2.26. The number of carbonyl (C=O) groups is 1. The molecule has 7 heteroatoms. The second-order valence-electron chi connectivity index (χ2n) is 6.17. The van der Waals surface area contributed by atoms with Crippen molar-refractivity contribution in [3.63, 3.8) is 0 Å². The molecular formula is C17H27N3O2S2. The van der Waals surface area contributed by atoms with Crippen LogP contribution in [0.4, 0.5) is 5.00 Å². The zero-order chi connectivity index (χ0) is 17.5. The fraction of sp³-hybridized carbons (Fsp3) is 0.647. The van der Waals surface area contributed by atoms with E-state index in [-0.39, 0.29) is 5.97 Å². The second-order valence-corrected chi connectivity index (χ2v) is 7.69. The minimum atomic E-state index is -0.240. The van der Waals surface area contributed by atoms with Gasteiger partial charge in [0.05, 0.1) is 12.2 Å². The van der Waals surface area contributed by atoms with E-state index in [4.69, 9.17) is 17.0 Å². The predicted molar refractivity (Wildman–Crippen MR) is 104 cm³/mol. The van der Waals surface area contributed by atoms with Crippen LogP contribution in [-0.4, -0.2) is 49.8 Å². The molecule has 2 N–H and O–H groups in total. The summed E-state index contributed by atoms with van der Waals surface area (Å²) in [6, 6.07) is 0. The molecule has 0 saturated carbocycles. The Balaban J connectivity index is 2.15. The minimum absolute atomic E-state index is 0.240. The van der Waals surface area contributed by atoms with Gasteiger partial charge in [-0.05, 0) is 64.5 Å². The number of hydrogen-bond donors (Lipinski definition) is 2. The Morgan fingerprint density at radius 3 is 2.75 bits per heavy atom. The molecule has 1 aromatic rings. The molecule has 2 rings (SSSR count). The van der Waals surface area contributed by atoms with Gasteiger partial charge in [-0.25, -0.2) is 4.79 Å². The van der Waals surface area contributed by atoms with E-state index in [0.717, 1.165) is 42.9 Å². The molecule has 0 amide bonds. The van der Waals surface area contributed by atoms with Gasteiger partial charge in [-0.15, -0.1) is 11.3 Å². The average Bonchev–Trinajstić information content (AvgIpc) is 2.68. The quantitative estimate of drug-likeness (QED) is 0.457. The van der Waals surface area contributed by atoms with Gasteiger partial charge >= 0.3 is 5.97 Å². The summed E-state index contributed by atoms with van der Waals surface area (Å²) in [6.07, 6.45) is 5.51. The number of hydrogen-bond acceptors (Lipinski definition) is 5. The molecule has 0 spiro atoms. The molecule has 0 fully saturated rings. The maximum Gasteiger partial charge on any atom is 0.341 e. The summed E-state index contributed by atoms with van der Waals surface area (Å²) in [7, 11) is 4.04. The summed E-state index contributed by atoms with van der Waals surface area (Å²) in [5, 5.41) is 7.78. The summed E-state index contributed by atoms with van der Waals surface area (Å²) in [4.78, 5) is 15.9. The number of fused-ring (bicyclic) bond motifs is 1. The zero-order valence-corrected chi connectivity index (χ0v) is 16.4. The first kappa shape index (κ1) is 19.1. The number of aryl methyl sites for hydroxylation is 1. The van der Waals surface area contributed by atoms with E-state index in [1.807, 2.05) is 21.0 Å². The van der Waals surface area contributed by atoms with Gasteiger partial charge in [0.25, 0.3) is 0 Å². The van der Waals surface area contributed by atoms with Crippen molar-refractivity contribution < 1.29 is 9.53 Å². The largest absolute Gasteiger partial charge is 0.462 e. The third kappa shape index (κ3) is 5.16. The van der Waals surface area contributed by atoms with Crippen LogP contribution in [0.5, 0.6) is 0 Å². The van der Waals surface area contributed by atoms with E-state index in [1.54, 1.807) is 11.3 Å². The summed E-state index contributed by atoms with van der Waals surface area (Å²) in [5.41, 5.74) is 1.85. The summed E-state index contributed by atoms with van der Waals surface area (Å²) < 4.78 is 5.29. The lowest BCUT2D eigenvalue weighted by atomic mass is 10.1. The molecule has 0 atom stereocenters. The fourth-order valence-corrected chi connectivity index (χ4v) is 4.34. The van der Waals surface area contributed by atoms with Gasteiger partial charge in [0, 0.05) is 18.0 Å². The van der Waals surface area contributed by atoms with Crippen molar-refractivity contribution in [2.24, 2.45) is 0 Å². The predicted octanol–water partition coefficient (Wildman–Crippen LogP) is 3.04. The monoisotopic (exact) mass is 369 g/mol. The van der Waals surface area contributed by atoms with E-state index < -0.39 is 0 Å². The van der Waals surface area contributed by atoms with E-state index in [0.29, 0.717) is 17.3 Å². The van der Waals surface area contributed by atoms with Gasteiger partial charge in [-0.1, -0.05) is 6.42 Å². The van der Waals surface area contributed by atoms with Gasteiger partial charge in [0.1, 0.15) is 5.00 Å². The van der Waals surface area contributed by atoms with Crippen molar-refractivity contribution in [2.75, 3.05) is 39.1 Å². The second kappa shape index (κ2) is 9.34. The molecule has 0 aliphatic heterocycles. The van der Waals surface area contributed by atoms with Crippen molar-refractivity contribution in [3.05, 3.63) is 16.0 Å². The number of carbonyl (C=O) groups excluding carboxylic acids is 1. The molecule has 1 aliphatic rings. The first-order chi connectivity index (χ1) is 11.5. The molecule has 1 heterocycles. The van der Waals surface area contributed by atoms with E-state index in [9.17, 15) is 4.79 Å². The highest BCUT2D eigenvalue weighted by molar-refractivity contribution is 7.80. The van der Waals surface area contributed by atoms with Crippen LogP contribution in [0.15, 0.2) is 0 Å². The number of anilines is 1. The number of rotatable bonds is 6. The number of thiophene rings is 1. The number of ether oxygens (including phenoxy) is 1. The molecule has 0 aromatic carbocycles. The Hall–Kier alpha value is -1.18. The lowest BCUT2D eigenvalue weighted by Crippen LogP contribution is -2.34. The minimum Gasteiger partial charge on any atom is -0.462 e. The highest BCUT2D eigenvalue weighted by Crippen LogP contribution is 2.37. The van der Waals surface area contributed by atoms with Crippen molar-refractivity contribution >= 4 is 39.6 Å². The molecule has 134 valence electrons.